The number of hydrogen-bond donors (Lipinski definition) is 6. The minimum Gasteiger partial charge on any atom is -0.444 e. The van der Waals surface area contributed by atoms with Gasteiger partial charge in [-0.3, -0.25) is 20.2 Å². The van der Waals surface area contributed by atoms with E-state index in [0.29, 0.717) is 36.1 Å². The molecule has 0 aromatic heterocycles. The van der Waals surface area contributed by atoms with Crippen LogP contribution in [0.5, 0.6) is 0 Å². The third-order valence-corrected chi connectivity index (χ3v) is 7.39. The van der Waals surface area contributed by atoms with E-state index in [0.717, 1.165) is 0 Å². The van der Waals surface area contributed by atoms with E-state index >= 15 is 0 Å². The maximum atomic E-state index is 11.5. The number of carbonyl (C=O) groups is 6. The minimum atomic E-state index is -0.881. The van der Waals surface area contributed by atoms with Crippen LogP contribution in [0.15, 0.2) is 0 Å². The zero-order valence-electron chi connectivity index (χ0n) is 24.3. The average Bonchev–Trinajstić information content (AvgIpc) is 3.17. The molecule has 0 aliphatic carbocycles. The van der Waals surface area contributed by atoms with Crippen molar-refractivity contribution in [3.8, 4) is 0 Å². The first-order valence-corrected chi connectivity index (χ1v) is 14.9. The summed E-state index contributed by atoms with van der Waals surface area (Å²) in [6, 6.07) is -0.935. The van der Waals surface area contributed by atoms with Gasteiger partial charge in [0.05, 0.1) is 0 Å². The van der Waals surface area contributed by atoms with Crippen LogP contribution in [0, 0.1) is 0 Å². The third kappa shape index (κ3) is 13.5. The number of ether oxygens (including phenoxy) is 2. The van der Waals surface area contributed by atoms with Crippen molar-refractivity contribution in [3.05, 3.63) is 0 Å². The molecule has 14 nitrogen and oxygen atoms in total. The number of rotatable bonds is 10. The molecule has 0 unspecified atom stereocenters. The Morgan fingerprint density at radius 2 is 1.02 bits per heavy atom. The molecule has 0 aromatic rings. The second kappa shape index (κ2) is 14.7. The van der Waals surface area contributed by atoms with Gasteiger partial charge in [0.25, 0.3) is 11.8 Å². The van der Waals surface area contributed by atoms with Gasteiger partial charge in [-0.15, -0.1) is 0 Å². The summed E-state index contributed by atoms with van der Waals surface area (Å²) in [7, 11) is 0. The molecule has 8 amide bonds. The van der Waals surface area contributed by atoms with Crippen LogP contribution in [0.3, 0.4) is 0 Å². The zero-order chi connectivity index (χ0) is 30.8. The Kier molecular flexibility index (Phi) is 12.9. The van der Waals surface area contributed by atoms with Crippen molar-refractivity contribution in [3.63, 3.8) is 0 Å². The number of imide groups is 2. The molecular weight excluding hydrogens is 564 g/mol. The Morgan fingerprint density at radius 1 is 0.700 bits per heavy atom. The molecule has 40 heavy (non-hydrogen) atoms. The topological polar surface area (TPSA) is 193 Å². The first-order chi connectivity index (χ1) is 18.2. The lowest BCUT2D eigenvalue weighted by Crippen LogP contribution is -2.46. The smallest absolute Gasteiger partial charge is 0.407 e. The molecule has 0 saturated carbocycles. The summed E-state index contributed by atoms with van der Waals surface area (Å²) in [5, 5.41) is 14.8. The Bertz CT molecular complexity index is 892. The van der Waals surface area contributed by atoms with Crippen LogP contribution >= 0.6 is 23.5 Å². The van der Waals surface area contributed by atoms with Crippen molar-refractivity contribution in [2.75, 3.05) is 36.1 Å². The number of nitrogens with one attached hydrogen (secondary N) is 6. The van der Waals surface area contributed by atoms with Gasteiger partial charge >= 0.3 is 24.2 Å². The standard InChI is InChI=1S/2C12H21N3O4S/c2*1-11(2,3)19-10(18)13-5-6-20-7-12(4)8(16)14-9(17)15-12/h2*5-7H2,1-4H3,(H,13,18)(H2,14,15,16,17)/t2*12-/m10/s1. The number of amides is 8. The molecule has 0 bridgehead atoms. The third-order valence-electron chi connectivity index (χ3n) is 4.85. The summed E-state index contributed by atoms with van der Waals surface area (Å²) in [5.41, 5.74) is -2.80. The normalized spacial score (nSPS) is 22.2. The number of urea groups is 2. The lowest BCUT2D eigenvalue weighted by Gasteiger charge is -2.21. The molecule has 0 radical (unpaired) electrons. The molecule has 2 fully saturated rings. The van der Waals surface area contributed by atoms with E-state index in [1.54, 1.807) is 55.4 Å². The van der Waals surface area contributed by atoms with E-state index in [2.05, 4.69) is 31.9 Å². The Balaban J connectivity index is 0.000000400. The monoisotopic (exact) mass is 606 g/mol. The molecule has 2 aliphatic heterocycles. The van der Waals surface area contributed by atoms with Crippen LogP contribution in [0.25, 0.3) is 0 Å². The second-order valence-electron chi connectivity index (χ2n) is 11.4. The van der Waals surface area contributed by atoms with Crippen LogP contribution in [-0.2, 0) is 19.1 Å². The highest BCUT2D eigenvalue weighted by Crippen LogP contribution is 2.17. The maximum absolute atomic E-state index is 11.5. The largest absolute Gasteiger partial charge is 0.444 e. The average molecular weight is 607 g/mol. The van der Waals surface area contributed by atoms with Crippen molar-refractivity contribution in [1.82, 2.24) is 31.9 Å². The molecule has 2 rings (SSSR count). The molecule has 16 heteroatoms. The van der Waals surface area contributed by atoms with Gasteiger partial charge in [0.15, 0.2) is 0 Å². The first kappa shape index (κ1) is 35.1. The number of hydrogen-bond acceptors (Lipinski definition) is 10. The number of thioether (sulfide) groups is 2. The summed E-state index contributed by atoms with van der Waals surface area (Å²) in [4.78, 5) is 67.9. The fourth-order valence-electron chi connectivity index (χ4n) is 2.99. The Labute approximate surface area is 243 Å². The van der Waals surface area contributed by atoms with Crippen molar-refractivity contribution < 1.29 is 38.2 Å². The summed E-state index contributed by atoms with van der Waals surface area (Å²) in [6.45, 7) is 15.0. The first-order valence-electron chi connectivity index (χ1n) is 12.6. The SMILES string of the molecule is CC(C)(C)OC(=O)NCCSC[C@@]1(C)NC(=O)NC1=O.CC(C)(C)OC(=O)NCCSC[C@]1(C)NC(=O)NC1=O. The van der Waals surface area contributed by atoms with Gasteiger partial charge in [0, 0.05) is 36.1 Å². The number of carbonyl (C=O) groups excluding carboxylic acids is 6. The van der Waals surface area contributed by atoms with E-state index in [9.17, 15) is 28.8 Å². The van der Waals surface area contributed by atoms with Crippen LogP contribution in [-0.4, -0.2) is 94.4 Å². The summed E-state index contributed by atoms with van der Waals surface area (Å²) < 4.78 is 10.2. The van der Waals surface area contributed by atoms with Crippen molar-refractivity contribution in [1.29, 1.82) is 0 Å². The summed E-state index contributed by atoms with van der Waals surface area (Å²) >= 11 is 2.94. The van der Waals surface area contributed by atoms with Crippen molar-refractivity contribution in [2.45, 2.75) is 77.7 Å². The fraction of sp³-hybridized carbons (Fsp3) is 0.750. The predicted molar refractivity (Wildman–Crippen MR) is 153 cm³/mol. The molecule has 2 aliphatic rings. The second-order valence-corrected chi connectivity index (χ2v) is 13.7. The van der Waals surface area contributed by atoms with Crippen molar-refractivity contribution in [2.24, 2.45) is 0 Å². The van der Waals surface area contributed by atoms with Gasteiger partial charge in [-0.2, -0.15) is 23.5 Å². The Hall–Kier alpha value is -2.88. The fourth-order valence-corrected chi connectivity index (χ4v) is 5.00. The van der Waals surface area contributed by atoms with Gasteiger partial charge in [0.2, 0.25) is 0 Å². The summed E-state index contributed by atoms with van der Waals surface area (Å²) in [5.74, 6) is 1.49. The molecule has 2 atom stereocenters. The highest BCUT2D eigenvalue weighted by molar-refractivity contribution is 7.99. The molecule has 2 saturated heterocycles. The van der Waals surface area contributed by atoms with Crippen LogP contribution < -0.4 is 31.9 Å². The maximum Gasteiger partial charge on any atom is 0.407 e. The van der Waals surface area contributed by atoms with Gasteiger partial charge in [0.1, 0.15) is 22.3 Å². The van der Waals surface area contributed by atoms with Crippen molar-refractivity contribution >= 4 is 59.6 Å². The van der Waals surface area contributed by atoms with Crippen LogP contribution in [0.2, 0.25) is 0 Å². The van der Waals surface area contributed by atoms with E-state index in [1.165, 1.54) is 23.5 Å². The molecule has 6 N–H and O–H groups in total. The van der Waals surface area contributed by atoms with Crippen LogP contribution in [0.4, 0.5) is 19.2 Å². The van der Waals surface area contributed by atoms with Crippen LogP contribution in [0.1, 0.15) is 55.4 Å². The van der Waals surface area contributed by atoms with Gasteiger partial charge in [-0.1, -0.05) is 0 Å². The molecule has 0 aromatic carbocycles. The zero-order valence-corrected chi connectivity index (χ0v) is 26.0. The van der Waals surface area contributed by atoms with E-state index in [1.807, 2.05) is 0 Å². The Morgan fingerprint density at radius 3 is 1.27 bits per heavy atom. The molecule has 228 valence electrons. The quantitative estimate of drug-likeness (QED) is 0.157. The molecule has 2 heterocycles. The number of alkyl carbamates (subject to hydrolysis) is 2. The van der Waals surface area contributed by atoms with Gasteiger partial charge in [-0.05, 0) is 55.4 Å². The highest BCUT2D eigenvalue weighted by Gasteiger charge is 2.42. The lowest BCUT2D eigenvalue weighted by atomic mass is 10.1. The highest BCUT2D eigenvalue weighted by atomic mass is 32.2. The predicted octanol–water partition coefficient (Wildman–Crippen LogP) is 1.68. The van der Waals surface area contributed by atoms with E-state index < -0.39 is 46.5 Å². The molecular formula is C24H42N6O8S2. The van der Waals surface area contributed by atoms with Gasteiger partial charge in [-0.25, -0.2) is 19.2 Å². The summed E-state index contributed by atoms with van der Waals surface area (Å²) in [6.07, 6.45) is -0.924. The lowest BCUT2D eigenvalue weighted by molar-refractivity contribution is -0.123. The molecule has 0 spiro atoms. The van der Waals surface area contributed by atoms with E-state index in [4.69, 9.17) is 9.47 Å². The van der Waals surface area contributed by atoms with E-state index in [-0.39, 0.29) is 11.8 Å². The minimum absolute atomic E-state index is 0.324. The van der Waals surface area contributed by atoms with Gasteiger partial charge < -0.3 is 30.7 Å².